The number of aromatic nitrogens is 2. The summed E-state index contributed by atoms with van der Waals surface area (Å²) in [4.78, 5) is 3.85. The number of imidazole rings is 1. The second kappa shape index (κ2) is 5.99. The molecule has 0 aliphatic heterocycles. The molecule has 3 rings (SSSR count). The van der Waals surface area contributed by atoms with Gasteiger partial charge in [-0.2, -0.15) is 13.2 Å². The number of benzene rings is 2. The summed E-state index contributed by atoms with van der Waals surface area (Å²) >= 11 is 0. The summed E-state index contributed by atoms with van der Waals surface area (Å²) < 4.78 is 53.8. The first-order chi connectivity index (χ1) is 11.4. The van der Waals surface area contributed by atoms with E-state index in [1.54, 1.807) is 12.1 Å². The highest BCUT2D eigenvalue weighted by atomic mass is 19.4. The van der Waals surface area contributed by atoms with Crippen LogP contribution in [0.5, 0.6) is 5.75 Å². The molecule has 0 aliphatic rings. The molecule has 0 fully saturated rings. The molecular formula is C17H12F4N2O. The van der Waals surface area contributed by atoms with E-state index >= 15 is 0 Å². The van der Waals surface area contributed by atoms with Crippen molar-refractivity contribution in [1.29, 1.82) is 0 Å². The average molecular weight is 336 g/mol. The summed E-state index contributed by atoms with van der Waals surface area (Å²) in [6.07, 6.45) is -3.87. The zero-order chi connectivity index (χ0) is 17.3. The quantitative estimate of drug-likeness (QED) is 0.717. The predicted molar refractivity (Wildman–Crippen MR) is 79.8 cm³/mol. The van der Waals surface area contributed by atoms with Crippen molar-refractivity contribution in [2.24, 2.45) is 0 Å². The molecule has 0 aliphatic carbocycles. The predicted octanol–water partition coefficient (Wildman–Crippen LogP) is 4.46. The molecule has 7 heteroatoms. The molecule has 3 aromatic rings. The molecular weight excluding hydrogens is 324 g/mol. The van der Waals surface area contributed by atoms with Crippen molar-refractivity contribution in [3.8, 4) is 17.1 Å². The summed E-state index contributed by atoms with van der Waals surface area (Å²) in [6.45, 7) is -0.214. The van der Waals surface area contributed by atoms with Gasteiger partial charge < -0.3 is 9.67 Å². The standard InChI is InChI=1S/C17H12F4N2O/c18-13-7-5-11(6-8-13)16-22-9-15(17(19,20)21)23(16)10-12-3-1-2-4-14(12)24/h1-9,24H,10H2. The molecule has 0 spiro atoms. The molecule has 0 unspecified atom stereocenters. The minimum absolute atomic E-state index is 0.0468. The topological polar surface area (TPSA) is 38.0 Å². The molecule has 1 aromatic heterocycles. The summed E-state index contributed by atoms with van der Waals surface area (Å²) in [7, 11) is 0. The van der Waals surface area contributed by atoms with Crippen LogP contribution >= 0.6 is 0 Å². The van der Waals surface area contributed by atoms with E-state index in [1.807, 2.05) is 0 Å². The third-order valence-corrected chi connectivity index (χ3v) is 3.57. The van der Waals surface area contributed by atoms with E-state index in [2.05, 4.69) is 4.98 Å². The van der Waals surface area contributed by atoms with Crippen LogP contribution in [0.2, 0.25) is 0 Å². The largest absolute Gasteiger partial charge is 0.508 e. The van der Waals surface area contributed by atoms with Crippen LogP contribution in [0.25, 0.3) is 11.4 Å². The summed E-state index contributed by atoms with van der Waals surface area (Å²) in [6, 6.07) is 11.2. The lowest BCUT2D eigenvalue weighted by Crippen LogP contribution is -2.15. The van der Waals surface area contributed by atoms with E-state index in [4.69, 9.17) is 0 Å². The Balaban J connectivity index is 2.12. The molecule has 0 atom stereocenters. The van der Waals surface area contributed by atoms with Gasteiger partial charge in [-0.15, -0.1) is 0 Å². The summed E-state index contributed by atoms with van der Waals surface area (Å²) in [5.41, 5.74) is -0.267. The van der Waals surface area contributed by atoms with Crippen molar-refractivity contribution in [3.05, 3.63) is 71.8 Å². The maximum Gasteiger partial charge on any atom is 0.433 e. The minimum atomic E-state index is -4.60. The number of phenolic OH excluding ortho intramolecular Hbond substituents is 1. The zero-order valence-corrected chi connectivity index (χ0v) is 12.3. The van der Waals surface area contributed by atoms with Crippen LogP contribution < -0.4 is 0 Å². The third-order valence-electron chi connectivity index (χ3n) is 3.57. The van der Waals surface area contributed by atoms with E-state index in [0.29, 0.717) is 11.1 Å². The van der Waals surface area contributed by atoms with Crippen LogP contribution in [-0.2, 0) is 12.7 Å². The van der Waals surface area contributed by atoms with Crippen molar-refractivity contribution >= 4 is 0 Å². The van der Waals surface area contributed by atoms with Crippen molar-refractivity contribution in [2.45, 2.75) is 12.7 Å². The lowest BCUT2D eigenvalue weighted by atomic mass is 10.1. The Kier molecular flexibility index (Phi) is 4.01. The Morgan fingerprint density at radius 3 is 2.29 bits per heavy atom. The Morgan fingerprint density at radius 1 is 1.00 bits per heavy atom. The van der Waals surface area contributed by atoms with Gasteiger partial charge in [-0.05, 0) is 30.3 Å². The van der Waals surface area contributed by atoms with Crippen LogP contribution in [-0.4, -0.2) is 14.7 Å². The lowest BCUT2D eigenvalue weighted by molar-refractivity contribution is -0.143. The number of aromatic hydroxyl groups is 1. The fourth-order valence-corrected chi connectivity index (χ4v) is 2.41. The Bertz CT molecular complexity index is 854. The first-order valence-electron chi connectivity index (χ1n) is 7.02. The van der Waals surface area contributed by atoms with E-state index in [0.717, 1.165) is 22.9 Å². The van der Waals surface area contributed by atoms with Gasteiger partial charge in [0.1, 0.15) is 23.1 Å². The highest BCUT2D eigenvalue weighted by molar-refractivity contribution is 5.56. The van der Waals surface area contributed by atoms with Gasteiger partial charge >= 0.3 is 6.18 Å². The molecule has 124 valence electrons. The maximum atomic E-state index is 13.3. The van der Waals surface area contributed by atoms with Gasteiger partial charge in [0, 0.05) is 11.1 Å². The second-order valence-corrected chi connectivity index (χ2v) is 5.19. The average Bonchev–Trinajstić information content (AvgIpc) is 2.94. The van der Waals surface area contributed by atoms with Crippen LogP contribution in [0.1, 0.15) is 11.3 Å². The Hall–Kier alpha value is -2.83. The van der Waals surface area contributed by atoms with Crippen molar-refractivity contribution in [1.82, 2.24) is 9.55 Å². The normalized spacial score (nSPS) is 11.7. The summed E-state index contributed by atoms with van der Waals surface area (Å²) in [5.74, 6) is -0.552. The van der Waals surface area contributed by atoms with Gasteiger partial charge in [-0.1, -0.05) is 18.2 Å². The van der Waals surface area contributed by atoms with E-state index < -0.39 is 17.7 Å². The van der Waals surface area contributed by atoms with Crippen LogP contribution in [0, 0.1) is 5.82 Å². The number of hydrogen-bond donors (Lipinski definition) is 1. The number of rotatable bonds is 3. The molecule has 0 amide bonds. The molecule has 0 radical (unpaired) electrons. The van der Waals surface area contributed by atoms with E-state index in [9.17, 15) is 22.7 Å². The number of para-hydroxylation sites is 1. The first kappa shape index (κ1) is 16.0. The van der Waals surface area contributed by atoms with Gasteiger partial charge in [-0.3, -0.25) is 0 Å². The molecule has 0 saturated heterocycles. The van der Waals surface area contributed by atoms with Crippen LogP contribution in [0.4, 0.5) is 17.6 Å². The Labute approximate surface area is 134 Å². The fourth-order valence-electron chi connectivity index (χ4n) is 2.41. The van der Waals surface area contributed by atoms with E-state index in [1.165, 1.54) is 24.3 Å². The monoisotopic (exact) mass is 336 g/mol. The molecule has 1 heterocycles. The highest BCUT2D eigenvalue weighted by Gasteiger charge is 2.36. The van der Waals surface area contributed by atoms with Gasteiger partial charge in [0.2, 0.25) is 0 Å². The smallest absolute Gasteiger partial charge is 0.433 e. The number of hydrogen-bond acceptors (Lipinski definition) is 2. The second-order valence-electron chi connectivity index (χ2n) is 5.19. The number of nitrogens with zero attached hydrogens (tertiary/aromatic N) is 2. The van der Waals surface area contributed by atoms with Crippen LogP contribution in [0.3, 0.4) is 0 Å². The zero-order valence-electron chi connectivity index (χ0n) is 12.3. The Morgan fingerprint density at radius 2 is 1.67 bits per heavy atom. The highest BCUT2D eigenvalue weighted by Crippen LogP contribution is 2.34. The number of halogens is 4. The molecule has 0 saturated carbocycles. The van der Waals surface area contributed by atoms with Crippen molar-refractivity contribution < 1.29 is 22.7 Å². The van der Waals surface area contributed by atoms with Gasteiger partial charge in [0.05, 0.1) is 12.7 Å². The van der Waals surface area contributed by atoms with Gasteiger partial charge in [0.25, 0.3) is 0 Å². The van der Waals surface area contributed by atoms with Gasteiger partial charge in [0.15, 0.2) is 0 Å². The SMILES string of the molecule is Oc1ccccc1Cn1c(C(F)(F)F)cnc1-c1ccc(F)cc1. The van der Waals surface area contributed by atoms with Crippen molar-refractivity contribution in [3.63, 3.8) is 0 Å². The number of alkyl halides is 3. The van der Waals surface area contributed by atoms with Crippen LogP contribution in [0.15, 0.2) is 54.7 Å². The molecule has 2 aromatic carbocycles. The first-order valence-corrected chi connectivity index (χ1v) is 7.02. The molecule has 3 nitrogen and oxygen atoms in total. The summed E-state index contributed by atoms with van der Waals surface area (Å²) in [5, 5.41) is 9.84. The minimum Gasteiger partial charge on any atom is -0.508 e. The van der Waals surface area contributed by atoms with Crippen molar-refractivity contribution in [2.75, 3.05) is 0 Å². The molecule has 0 bridgehead atoms. The number of phenols is 1. The van der Waals surface area contributed by atoms with E-state index in [-0.39, 0.29) is 18.1 Å². The maximum absolute atomic E-state index is 13.3. The third kappa shape index (κ3) is 3.10. The lowest BCUT2D eigenvalue weighted by Gasteiger charge is -2.15. The fraction of sp³-hybridized carbons (Fsp3) is 0.118. The molecule has 1 N–H and O–H groups in total. The van der Waals surface area contributed by atoms with Gasteiger partial charge in [-0.25, -0.2) is 9.37 Å². The molecule has 24 heavy (non-hydrogen) atoms.